The Kier molecular flexibility index (Phi) is 5.30. The Hall–Kier alpha value is -3.20. The zero-order valence-corrected chi connectivity index (χ0v) is 17.2. The van der Waals surface area contributed by atoms with Crippen LogP contribution in [0.5, 0.6) is 5.75 Å². The van der Waals surface area contributed by atoms with Crippen molar-refractivity contribution in [2.45, 2.75) is 6.61 Å². The summed E-state index contributed by atoms with van der Waals surface area (Å²) in [6.07, 6.45) is 0. The molecule has 0 saturated carbocycles. The van der Waals surface area contributed by atoms with Crippen molar-refractivity contribution in [1.29, 1.82) is 0 Å². The number of carbonyl (C=O) groups excluding carboxylic acids is 3. The van der Waals surface area contributed by atoms with E-state index in [1.165, 1.54) is 18.2 Å². The van der Waals surface area contributed by atoms with Gasteiger partial charge in [0.05, 0.1) is 11.1 Å². The second kappa shape index (κ2) is 8.04. The van der Waals surface area contributed by atoms with Crippen molar-refractivity contribution in [3.63, 3.8) is 0 Å². The largest absolute Gasteiger partial charge is 0.489 e. The minimum atomic E-state index is -0.495. The van der Waals surface area contributed by atoms with Crippen LogP contribution in [0.1, 0.15) is 36.6 Å². The van der Waals surface area contributed by atoms with Crippen LogP contribution in [0.2, 0.25) is 0 Å². The van der Waals surface area contributed by atoms with Crippen molar-refractivity contribution in [3.05, 3.63) is 92.6 Å². The van der Waals surface area contributed by atoms with Crippen molar-refractivity contribution < 1.29 is 19.1 Å². The zero-order valence-electron chi connectivity index (χ0n) is 15.1. The van der Waals surface area contributed by atoms with Gasteiger partial charge in [0.15, 0.2) is 0 Å². The molecule has 1 aliphatic heterocycles. The molecule has 144 valence electrons. The van der Waals surface area contributed by atoms with E-state index in [4.69, 9.17) is 4.74 Å². The lowest BCUT2D eigenvalue weighted by Crippen LogP contribution is -2.19. The Balaban J connectivity index is 1.45. The highest BCUT2D eigenvalue weighted by Gasteiger charge is 2.27. The lowest BCUT2D eigenvalue weighted by Gasteiger charge is -2.10. The number of hydrogen-bond acceptors (Lipinski definition) is 4. The van der Waals surface area contributed by atoms with Crippen molar-refractivity contribution in [1.82, 2.24) is 5.32 Å². The van der Waals surface area contributed by atoms with E-state index in [-0.39, 0.29) is 17.0 Å². The summed E-state index contributed by atoms with van der Waals surface area (Å²) in [6.45, 7) is 0.419. The van der Waals surface area contributed by atoms with E-state index in [0.717, 1.165) is 9.13 Å². The molecule has 3 aromatic carbocycles. The third-order valence-corrected chi connectivity index (χ3v) is 5.06. The van der Waals surface area contributed by atoms with Gasteiger partial charge in [0, 0.05) is 20.9 Å². The third kappa shape index (κ3) is 4.29. The van der Waals surface area contributed by atoms with E-state index in [0.29, 0.717) is 23.6 Å². The number of rotatable bonds is 5. The van der Waals surface area contributed by atoms with E-state index >= 15 is 0 Å². The van der Waals surface area contributed by atoms with Gasteiger partial charge in [-0.05, 0) is 70.6 Å². The number of fused-ring (bicyclic) bond motifs is 1. The van der Waals surface area contributed by atoms with Gasteiger partial charge in [0.25, 0.3) is 17.7 Å². The van der Waals surface area contributed by atoms with Gasteiger partial charge in [0.1, 0.15) is 12.4 Å². The lowest BCUT2D eigenvalue weighted by molar-refractivity contribution is 0.0879. The van der Waals surface area contributed by atoms with Crippen LogP contribution in [-0.2, 0) is 6.61 Å². The van der Waals surface area contributed by atoms with Crippen molar-refractivity contribution >= 4 is 46.0 Å². The molecule has 0 spiro atoms. The fraction of sp³-hybridized carbons (Fsp3) is 0.0455. The van der Waals surface area contributed by atoms with Crippen LogP contribution in [0.3, 0.4) is 0 Å². The van der Waals surface area contributed by atoms with Crippen molar-refractivity contribution in [2.75, 3.05) is 5.32 Å². The highest BCUT2D eigenvalue weighted by molar-refractivity contribution is 14.1. The summed E-state index contributed by atoms with van der Waals surface area (Å²) in [4.78, 5) is 36.0. The molecule has 4 rings (SSSR count). The molecule has 0 fully saturated rings. The lowest BCUT2D eigenvalue weighted by atomic mass is 10.1. The smallest absolute Gasteiger partial charge is 0.258 e. The average Bonchev–Trinajstić information content (AvgIpc) is 3.00. The second-order valence-electron chi connectivity index (χ2n) is 6.44. The van der Waals surface area contributed by atoms with Crippen LogP contribution in [0.15, 0.2) is 66.7 Å². The predicted octanol–water partition coefficient (Wildman–Crippen LogP) is 4.01. The first-order valence-electron chi connectivity index (χ1n) is 8.78. The quantitative estimate of drug-likeness (QED) is 0.412. The standard InChI is InChI=1S/C22H15IN2O4/c23-15-4-1-3-13(9-15)12-29-17-6-2-5-16(11-17)24-20(26)14-7-8-18-19(10-14)22(28)25-21(18)27/h1-11H,12H2,(H,24,26)(H,25,27,28). The Bertz CT molecular complexity index is 1140. The molecule has 1 heterocycles. The number of imide groups is 1. The molecule has 1 aliphatic rings. The van der Waals surface area contributed by atoms with Crippen molar-refractivity contribution in [3.8, 4) is 5.75 Å². The van der Waals surface area contributed by atoms with E-state index < -0.39 is 11.8 Å². The molecular weight excluding hydrogens is 483 g/mol. The van der Waals surface area contributed by atoms with Gasteiger partial charge < -0.3 is 10.1 Å². The summed E-state index contributed by atoms with van der Waals surface area (Å²) in [5.74, 6) is -0.698. The summed E-state index contributed by atoms with van der Waals surface area (Å²) in [5, 5.41) is 5.00. The molecular formula is C22H15IN2O4. The average molecular weight is 498 g/mol. The Morgan fingerprint density at radius 1 is 0.931 bits per heavy atom. The van der Waals surface area contributed by atoms with Gasteiger partial charge in [-0.15, -0.1) is 0 Å². The van der Waals surface area contributed by atoms with E-state index in [9.17, 15) is 14.4 Å². The normalized spacial score (nSPS) is 12.3. The highest BCUT2D eigenvalue weighted by atomic mass is 127. The fourth-order valence-electron chi connectivity index (χ4n) is 2.97. The maximum atomic E-state index is 12.6. The maximum Gasteiger partial charge on any atom is 0.258 e. The van der Waals surface area contributed by atoms with Crippen LogP contribution in [0.4, 0.5) is 5.69 Å². The Morgan fingerprint density at radius 2 is 1.72 bits per heavy atom. The third-order valence-electron chi connectivity index (χ3n) is 4.38. The molecule has 0 unspecified atom stereocenters. The predicted molar refractivity (Wildman–Crippen MR) is 116 cm³/mol. The van der Waals surface area contributed by atoms with E-state index in [2.05, 4.69) is 33.2 Å². The number of benzene rings is 3. The number of carbonyl (C=O) groups is 3. The molecule has 0 aromatic heterocycles. The number of amides is 3. The first kappa shape index (κ1) is 19.1. The first-order chi connectivity index (χ1) is 14.0. The minimum Gasteiger partial charge on any atom is -0.489 e. The minimum absolute atomic E-state index is 0.206. The molecule has 29 heavy (non-hydrogen) atoms. The maximum absolute atomic E-state index is 12.6. The van der Waals surface area contributed by atoms with Gasteiger partial charge >= 0.3 is 0 Å². The molecule has 0 saturated heterocycles. The summed E-state index contributed by atoms with van der Waals surface area (Å²) < 4.78 is 6.95. The molecule has 7 heteroatoms. The number of halogens is 1. The first-order valence-corrected chi connectivity index (χ1v) is 9.86. The highest BCUT2D eigenvalue weighted by Crippen LogP contribution is 2.21. The monoisotopic (exact) mass is 498 g/mol. The molecule has 6 nitrogen and oxygen atoms in total. The SMILES string of the molecule is O=C(Nc1cccc(OCc2cccc(I)c2)c1)c1ccc2c(c1)C(=O)NC2=O. The van der Waals surface area contributed by atoms with Gasteiger partial charge in [-0.1, -0.05) is 18.2 Å². The molecule has 0 aliphatic carbocycles. The summed E-state index contributed by atoms with van der Waals surface area (Å²) in [5.41, 5.74) is 2.39. The number of anilines is 1. The topological polar surface area (TPSA) is 84.5 Å². The number of hydrogen-bond donors (Lipinski definition) is 2. The molecule has 0 bridgehead atoms. The molecule has 0 radical (unpaired) electrons. The molecule has 2 N–H and O–H groups in total. The van der Waals surface area contributed by atoms with Crippen LogP contribution >= 0.6 is 22.6 Å². The van der Waals surface area contributed by atoms with E-state index in [1.807, 2.05) is 30.3 Å². The molecule has 3 aromatic rings. The molecule has 0 atom stereocenters. The number of nitrogens with one attached hydrogen (secondary N) is 2. The van der Waals surface area contributed by atoms with Crippen LogP contribution in [-0.4, -0.2) is 17.7 Å². The Labute approximate surface area is 180 Å². The van der Waals surface area contributed by atoms with Gasteiger partial charge in [-0.25, -0.2) is 0 Å². The summed E-state index contributed by atoms with van der Waals surface area (Å²) >= 11 is 2.25. The van der Waals surface area contributed by atoms with Crippen LogP contribution in [0, 0.1) is 3.57 Å². The van der Waals surface area contributed by atoms with E-state index in [1.54, 1.807) is 18.2 Å². The van der Waals surface area contributed by atoms with Crippen LogP contribution in [0.25, 0.3) is 0 Å². The Morgan fingerprint density at radius 3 is 2.55 bits per heavy atom. The second-order valence-corrected chi connectivity index (χ2v) is 7.69. The summed E-state index contributed by atoms with van der Waals surface area (Å²) in [7, 11) is 0. The van der Waals surface area contributed by atoms with Gasteiger partial charge in [-0.3, -0.25) is 19.7 Å². The molecule has 3 amide bonds. The van der Waals surface area contributed by atoms with Gasteiger partial charge in [0.2, 0.25) is 0 Å². The van der Waals surface area contributed by atoms with Gasteiger partial charge in [-0.2, -0.15) is 0 Å². The number of ether oxygens (including phenoxy) is 1. The fourth-order valence-corrected chi connectivity index (χ4v) is 3.58. The van der Waals surface area contributed by atoms with Crippen molar-refractivity contribution in [2.24, 2.45) is 0 Å². The zero-order chi connectivity index (χ0) is 20.4. The van der Waals surface area contributed by atoms with Crippen LogP contribution < -0.4 is 15.4 Å². The summed E-state index contributed by atoms with van der Waals surface area (Å²) in [6, 6.07) is 19.5.